The lowest BCUT2D eigenvalue weighted by atomic mass is 9.99. The second kappa shape index (κ2) is 26.3. The van der Waals surface area contributed by atoms with Crippen LogP contribution in [0.2, 0.25) is 0 Å². The fraction of sp³-hybridized carbons (Fsp3) is 0.781. The molecule has 53 heavy (non-hydrogen) atoms. The van der Waals surface area contributed by atoms with Crippen molar-refractivity contribution in [1.82, 2.24) is 52.5 Å². The van der Waals surface area contributed by atoms with Crippen molar-refractivity contribution in [1.29, 1.82) is 0 Å². The third-order valence-electron chi connectivity index (χ3n) is 8.44. The van der Waals surface area contributed by atoms with E-state index in [1.165, 1.54) is 0 Å². The first-order valence-electron chi connectivity index (χ1n) is 18.2. The fourth-order valence-corrected chi connectivity index (χ4v) is 5.99. The van der Waals surface area contributed by atoms with E-state index in [0.29, 0.717) is 19.6 Å². The third-order valence-corrected chi connectivity index (χ3v) is 9.31. The number of carbonyl (C=O) groups is 7. The largest absolute Gasteiger partial charge is 0.354 e. The number of nitrogens with one attached hydrogen (secondary N) is 10. The molecule has 0 aliphatic carbocycles. The van der Waals surface area contributed by atoms with Crippen molar-refractivity contribution in [3.05, 3.63) is 0 Å². The van der Waals surface area contributed by atoms with Gasteiger partial charge in [-0.15, -0.1) is 0 Å². The number of hydrogen-bond donors (Lipinski definition) is 11. The molecule has 0 saturated carbocycles. The van der Waals surface area contributed by atoms with Gasteiger partial charge in [0, 0.05) is 26.2 Å². The SMILES string of the molecule is CC[C@@H]1NC(=O)C(CCNP)NC(=O)C(CCNP)NC(=O)C(CC(C)C)NC(=O)C(CC(C)C)NC(=O)C(CCNP)NC(=O)C(N)CCNC1=O. The summed E-state index contributed by atoms with van der Waals surface area (Å²) in [5.74, 6) is -4.30. The number of amides is 7. The van der Waals surface area contributed by atoms with Gasteiger partial charge in [-0.2, -0.15) is 0 Å². The monoisotopic (exact) mass is 807 g/mol. The van der Waals surface area contributed by atoms with E-state index >= 15 is 0 Å². The molecule has 0 aromatic heterocycles. The Morgan fingerprint density at radius 3 is 1.21 bits per heavy atom. The van der Waals surface area contributed by atoms with Crippen LogP contribution in [0.3, 0.4) is 0 Å². The number of rotatable bonds is 14. The van der Waals surface area contributed by atoms with Crippen LogP contribution in [0, 0.1) is 11.8 Å². The summed E-state index contributed by atoms with van der Waals surface area (Å²) in [7, 11) is 6.98. The van der Waals surface area contributed by atoms with Gasteiger partial charge in [-0.1, -0.05) is 62.8 Å². The van der Waals surface area contributed by atoms with E-state index in [9.17, 15) is 33.6 Å². The first-order valence-corrected chi connectivity index (χ1v) is 20.0. The zero-order valence-electron chi connectivity index (χ0n) is 31.6. The Balaban J connectivity index is 3.64. The molecule has 21 heteroatoms. The number of carbonyl (C=O) groups excluding carboxylic acids is 7. The molecule has 10 atom stereocenters. The lowest BCUT2D eigenvalue weighted by Gasteiger charge is -2.28. The molecule has 1 aliphatic rings. The minimum absolute atomic E-state index is 0.000255. The van der Waals surface area contributed by atoms with E-state index in [-0.39, 0.29) is 63.3 Å². The van der Waals surface area contributed by atoms with Crippen LogP contribution in [0.5, 0.6) is 0 Å². The summed E-state index contributed by atoms with van der Waals surface area (Å²) in [5, 5.41) is 27.7. The predicted octanol–water partition coefficient (Wildman–Crippen LogP) is -2.45. The highest BCUT2D eigenvalue weighted by Gasteiger charge is 2.34. The summed E-state index contributed by atoms with van der Waals surface area (Å²) in [5.41, 5.74) is 6.15. The zero-order chi connectivity index (χ0) is 40.1. The summed E-state index contributed by atoms with van der Waals surface area (Å²) in [6.07, 6.45) is 1.18. The minimum Gasteiger partial charge on any atom is -0.354 e. The summed E-state index contributed by atoms with van der Waals surface area (Å²) < 4.78 is 0. The Morgan fingerprint density at radius 2 is 0.868 bits per heavy atom. The third kappa shape index (κ3) is 18.5. The maximum Gasteiger partial charge on any atom is 0.243 e. The van der Waals surface area contributed by atoms with Crippen LogP contribution in [0.1, 0.15) is 79.6 Å². The molecule has 1 fully saturated rings. The van der Waals surface area contributed by atoms with E-state index < -0.39 is 83.6 Å². The van der Waals surface area contributed by atoms with Gasteiger partial charge in [-0.3, -0.25) is 33.6 Å². The fourth-order valence-electron chi connectivity index (χ4n) is 5.49. The van der Waals surface area contributed by atoms with Crippen molar-refractivity contribution in [3.8, 4) is 0 Å². The topological polar surface area (TPSA) is 266 Å². The van der Waals surface area contributed by atoms with Crippen molar-refractivity contribution < 1.29 is 33.6 Å². The predicted molar refractivity (Wildman–Crippen MR) is 213 cm³/mol. The second-order valence-corrected chi connectivity index (χ2v) is 15.2. The highest BCUT2D eigenvalue weighted by molar-refractivity contribution is 7.14. The molecule has 0 aromatic rings. The van der Waals surface area contributed by atoms with Crippen LogP contribution in [-0.2, 0) is 33.6 Å². The second-order valence-electron chi connectivity index (χ2n) is 13.9. The Hall–Kier alpha value is -2.58. The average molecular weight is 808 g/mol. The van der Waals surface area contributed by atoms with Crippen molar-refractivity contribution in [2.45, 2.75) is 122 Å². The summed E-state index contributed by atoms with van der Waals surface area (Å²) in [6.45, 7) is 10.2. The smallest absolute Gasteiger partial charge is 0.243 e. The van der Waals surface area contributed by atoms with Gasteiger partial charge in [0.05, 0.1) is 6.04 Å². The van der Waals surface area contributed by atoms with Gasteiger partial charge in [0.25, 0.3) is 0 Å². The van der Waals surface area contributed by atoms with Gasteiger partial charge >= 0.3 is 0 Å². The number of hydrogen-bond acceptors (Lipinski definition) is 11. The van der Waals surface area contributed by atoms with E-state index in [1.807, 2.05) is 27.7 Å². The molecule has 12 N–H and O–H groups in total. The molecule has 1 rings (SSSR count). The van der Waals surface area contributed by atoms with Crippen LogP contribution in [-0.4, -0.2) is 110 Å². The van der Waals surface area contributed by atoms with E-state index in [4.69, 9.17) is 5.73 Å². The van der Waals surface area contributed by atoms with Crippen molar-refractivity contribution in [2.75, 3.05) is 26.2 Å². The standard InChI is InChI=1S/C32H64N11O7P3/c1-6-20-27(45)34-11-7-19(33)26(44)39-21(8-12-35-51)30(48)42-25(16-18(4)5)32(50)43-24(15-17(2)3)31(49)41-23(10-14-37-53)29(47)40-22(9-13-36-52)28(46)38-20/h17-25,35-37H,6-16,33,51-53H2,1-5H3,(H,34,45)(H,38,46)(H,39,44)(H,40,47)(H,41,49)(H,42,48)(H,43,50)/t19?,20-,21?,22?,23?,24?,25?/m0/s1. The lowest BCUT2D eigenvalue weighted by molar-refractivity contribution is -0.136. The molecule has 0 aromatic carbocycles. The molecular formula is C32H64N11O7P3. The quantitative estimate of drug-likeness (QED) is 0.0822. The molecule has 1 aliphatic heterocycles. The zero-order valence-corrected chi connectivity index (χ0v) is 35.1. The Labute approximate surface area is 320 Å². The van der Waals surface area contributed by atoms with Gasteiger partial charge in [0.15, 0.2) is 0 Å². The van der Waals surface area contributed by atoms with Gasteiger partial charge in [0.2, 0.25) is 41.4 Å². The maximum atomic E-state index is 13.8. The Kier molecular flexibility index (Phi) is 24.0. The lowest BCUT2D eigenvalue weighted by Crippen LogP contribution is -2.60. The van der Waals surface area contributed by atoms with Crippen LogP contribution in [0.25, 0.3) is 0 Å². The molecule has 0 bridgehead atoms. The minimum atomic E-state index is -1.10. The average Bonchev–Trinajstić information content (AvgIpc) is 3.10. The van der Waals surface area contributed by atoms with Crippen LogP contribution in [0.15, 0.2) is 0 Å². The molecule has 7 amide bonds. The Bertz CT molecular complexity index is 1220. The van der Waals surface area contributed by atoms with E-state index in [0.717, 1.165) is 0 Å². The molecule has 18 nitrogen and oxygen atoms in total. The molecule has 1 saturated heterocycles. The summed E-state index contributed by atoms with van der Waals surface area (Å²) in [4.78, 5) is 94.7. The van der Waals surface area contributed by atoms with Gasteiger partial charge in [-0.25, -0.2) is 0 Å². The van der Waals surface area contributed by atoms with Crippen LogP contribution < -0.4 is 58.2 Å². The summed E-state index contributed by atoms with van der Waals surface area (Å²) >= 11 is 0. The molecule has 0 radical (unpaired) electrons. The molecule has 0 spiro atoms. The first kappa shape index (κ1) is 48.4. The van der Waals surface area contributed by atoms with Crippen molar-refractivity contribution in [3.63, 3.8) is 0 Å². The van der Waals surface area contributed by atoms with Crippen molar-refractivity contribution >= 4 is 69.5 Å². The van der Waals surface area contributed by atoms with Crippen LogP contribution in [0.4, 0.5) is 0 Å². The molecular weight excluding hydrogens is 743 g/mol. The van der Waals surface area contributed by atoms with E-state index in [1.54, 1.807) is 6.92 Å². The van der Waals surface area contributed by atoms with Crippen molar-refractivity contribution in [2.24, 2.45) is 17.6 Å². The van der Waals surface area contributed by atoms with E-state index in [2.05, 4.69) is 80.7 Å². The first-order chi connectivity index (χ1) is 25.1. The molecule has 9 unspecified atom stereocenters. The number of nitrogens with two attached hydrogens (primary N) is 1. The maximum absolute atomic E-state index is 13.8. The van der Waals surface area contributed by atoms with Gasteiger partial charge < -0.3 is 58.2 Å². The van der Waals surface area contributed by atoms with Crippen LogP contribution >= 0.6 is 28.2 Å². The summed E-state index contributed by atoms with van der Waals surface area (Å²) in [6, 6.07) is -7.41. The highest BCUT2D eigenvalue weighted by atomic mass is 31.0. The van der Waals surface area contributed by atoms with Gasteiger partial charge in [-0.05, 0) is 56.8 Å². The Morgan fingerprint density at radius 1 is 0.547 bits per heavy atom. The highest BCUT2D eigenvalue weighted by Crippen LogP contribution is 2.11. The van der Waals surface area contributed by atoms with Gasteiger partial charge in [0.1, 0.15) is 36.3 Å². The normalized spacial score (nSPS) is 26.5. The molecule has 304 valence electrons. The molecule has 1 heterocycles.